The van der Waals surface area contributed by atoms with Crippen LogP contribution in [0.15, 0.2) is 48.5 Å². The summed E-state index contributed by atoms with van der Waals surface area (Å²) in [5.74, 6) is -0.330. The second kappa shape index (κ2) is 7.56. The number of hydrogen-bond acceptors (Lipinski definition) is 2. The normalized spacial score (nSPS) is 11.8. The molecule has 1 unspecified atom stereocenters. The number of carbonyl (C=O) groups excluding carboxylic acids is 1. The van der Waals surface area contributed by atoms with E-state index in [2.05, 4.69) is 10.6 Å². The van der Waals surface area contributed by atoms with Crippen LogP contribution < -0.4 is 10.6 Å². The lowest BCUT2D eigenvalue weighted by molar-refractivity contribution is 0.104. The maximum atomic E-state index is 13.2. The third-order valence-electron chi connectivity index (χ3n) is 3.35. The lowest BCUT2D eigenvalue weighted by Crippen LogP contribution is -2.33. The zero-order valence-electron chi connectivity index (χ0n) is 12.6. The summed E-state index contributed by atoms with van der Waals surface area (Å²) in [7, 11) is 1.52. The number of benzene rings is 2. The minimum Gasteiger partial charge on any atom is -0.375 e. The van der Waals surface area contributed by atoms with Gasteiger partial charge in [0.25, 0.3) is 0 Å². The molecule has 0 aliphatic heterocycles. The number of urea groups is 1. The molecule has 0 aliphatic carbocycles. The van der Waals surface area contributed by atoms with Crippen LogP contribution in [0.1, 0.15) is 17.2 Å². The average Bonchev–Trinajstić information content (AvgIpc) is 2.50. The highest BCUT2D eigenvalue weighted by Gasteiger charge is 2.13. The molecular formula is C17H19FN2O2. The molecule has 0 radical (unpaired) electrons. The molecule has 0 spiro atoms. The SMILES string of the molecule is COC(CNC(=O)Nc1ccccc1C)c1cccc(F)c1. The fourth-order valence-electron chi connectivity index (χ4n) is 2.11. The van der Waals surface area contributed by atoms with Gasteiger partial charge in [0.2, 0.25) is 0 Å². The van der Waals surface area contributed by atoms with Crippen LogP contribution in [0.3, 0.4) is 0 Å². The van der Waals surface area contributed by atoms with Crippen LogP contribution >= 0.6 is 0 Å². The van der Waals surface area contributed by atoms with Crippen molar-refractivity contribution in [1.29, 1.82) is 0 Å². The second-order valence-corrected chi connectivity index (χ2v) is 4.93. The minimum absolute atomic E-state index is 0.248. The highest BCUT2D eigenvalue weighted by Crippen LogP contribution is 2.17. The second-order valence-electron chi connectivity index (χ2n) is 4.93. The molecule has 2 amide bonds. The van der Waals surface area contributed by atoms with Gasteiger partial charge in [-0.3, -0.25) is 0 Å². The highest BCUT2D eigenvalue weighted by atomic mass is 19.1. The van der Waals surface area contributed by atoms with Gasteiger partial charge in [0.15, 0.2) is 0 Å². The predicted molar refractivity (Wildman–Crippen MR) is 84.4 cm³/mol. The Morgan fingerprint density at radius 3 is 2.68 bits per heavy atom. The van der Waals surface area contributed by atoms with Gasteiger partial charge in [-0.2, -0.15) is 0 Å². The number of ether oxygens (including phenoxy) is 1. The van der Waals surface area contributed by atoms with Crippen molar-refractivity contribution in [3.63, 3.8) is 0 Å². The Hall–Kier alpha value is -2.40. The number of nitrogens with one attached hydrogen (secondary N) is 2. The Balaban J connectivity index is 1.93. The van der Waals surface area contributed by atoms with Crippen LogP contribution in [0.5, 0.6) is 0 Å². The van der Waals surface area contributed by atoms with Gasteiger partial charge in [-0.15, -0.1) is 0 Å². The Bertz CT molecular complexity index is 646. The molecule has 2 aromatic rings. The van der Waals surface area contributed by atoms with Crippen molar-refractivity contribution in [3.05, 3.63) is 65.5 Å². The third-order valence-corrected chi connectivity index (χ3v) is 3.35. The number of amides is 2. The van der Waals surface area contributed by atoms with Crippen molar-refractivity contribution in [3.8, 4) is 0 Å². The van der Waals surface area contributed by atoms with E-state index in [-0.39, 0.29) is 18.4 Å². The van der Waals surface area contributed by atoms with Crippen molar-refractivity contribution in [2.24, 2.45) is 0 Å². The number of carbonyl (C=O) groups is 1. The van der Waals surface area contributed by atoms with Crippen molar-refractivity contribution in [2.75, 3.05) is 19.0 Å². The van der Waals surface area contributed by atoms with Crippen molar-refractivity contribution < 1.29 is 13.9 Å². The van der Waals surface area contributed by atoms with Gasteiger partial charge in [0.05, 0.1) is 6.10 Å². The molecular weight excluding hydrogens is 283 g/mol. The van der Waals surface area contributed by atoms with E-state index in [1.165, 1.54) is 19.2 Å². The number of rotatable bonds is 5. The van der Waals surface area contributed by atoms with Gasteiger partial charge in [-0.25, -0.2) is 9.18 Å². The molecule has 4 nitrogen and oxygen atoms in total. The molecule has 22 heavy (non-hydrogen) atoms. The van der Waals surface area contributed by atoms with Gasteiger partial charge >= 0.3 is 6.03 Å². The van der Waals surface area contributed by atoms with E-state index in [0.717, 1.165) is 11.3 Å². The smallest absolute Gasteiger partial charge is 0.319 e. The van der Waals surface area contributed by atoms with Gasteiger partial charge in [-0.05, 0) is 36.2 Å². The number of aryl methyl sites for hydroxylation is 1. The Kier molecular flexibility index (Phi) is 5.49. The molecule has 0 heterocycles. The quantitative estimate of drug-likeness (QED) is 0.886. The van der Waals surface area contributed by atoms with Crippen LogP contribution in [0.2, 0.25) is 0 Å². The standard InChI is InChI=1S/C17H19FN2O2/c1-12-6-3-4-9-15(12)20-17(21)19-11-16(22-2)13-7-5-8-14(18)10-13/h3-10,16H,11H2,1-2H3,(H2,19,20,21). The van der Waals surface area contributed by atoms with Crippen LogP contribution in [-0.4, -0.2) is 19.7 Å². The van der Waals surface area contributed by atoms with Crippen molar-refractivity contribution >= 4 is 11.7 Å². The Morgan fingerprint density at radius 2 is 2.00 bits per heavy atom. The first-order chi connectivity index (χ1) is 10.6. The van der Waals surface area contributed by atoms with Crippen LogP contribution in [0.25, 0.3) is 0 Å². The number of anilines is 1. The molecule has 0 fully saturated rings. The molecule has 0 aromatic heterocycles. The van der Waals surface area contributed by atoms with E-state index >= 15 is 0 Å². The fraction of sp³-hybridized carbons (Fsp3) is 0.235. The zero-order valence-corrected chi connectivity index (χ0v) is 12.6. The number of para-hydroxylation sites is 1. The van der Waals surface area contributed by atoms with Crippen LogP contribution in [0.4, 0.5) is 14.9 Å². The van der Waals surface area contributed by atoms with Gasteiger partial charge < -0.3 is 15.4 Å². The van der Waals surface area contributed by atoms with Gasteiger partial charge in [-0.1, -0.05) is 30.3 Å². The fourth-order valence-corrected chi connectivity index (χ4v) is 2.11. The Labute approximate surface area is 129 Å². The van der Waals surface area contributed by atoms with Gasteiger partial charge in [0, 0.05) is 19.3 Å². The number of halogens is 1. The largest absolute Gasteiger partial charge is 0.375 e. The summed E-state index contributed by atoms with van der Waals surface area (Å²) in [6.45, 7) is 2.16. The summed E-state index contributed by atoms with van der Waals surface area (Å²) in [6.07, 6.45) is -0.404. The van der Waals surface area contributed by atoms with Crippen LogP contribution in [0, 0.1) is 12.7 Å². The first-order valence-corrected chi connectivity index (χ1v) is 6.99. The third kappa shape index (κ3) is 4.30. The Morgan fingerprint density at radius 1 is 1.23 bits per heavy atom. The summed E-state index contributed by atoms with van der Waals surface area (Å²) in [4.78, 5) is 11.9. The van der Waals surface area contributed by atoms with E-state index in [1.807, 2.05) is 31.2 Å². The summed E-state index contributed by atoms with van der Waals surface area (Å²) in [6, 6.07) is 13.3. The molecule has 0 saturated carbocycles. The lowest BCUT2D eigenvalue weighted by Gasteiger charge is -2.17. The van der Waals surface area contributed by atoms with E-state index < -0.39 is 6.10 Å². The predicted octanol–water partition coefficient (Wildman–Crippen LogP) is 3.64. The van der Waals surface area contributed by atoms with Crippen molar-refractivity contribution in [1.82, 2.24) is 5.32 Å². The highest BCUT2D eigenvalue weighted by molar-refractivity contribution is 5.90. The molecule has 2 N–H and O–H groups in total. The first kappa shape index (κ1) is 16.0. The summed E-state index contributed by atoms with van der Waals surface area (Å²) in [5.41, 5.74) is 2.41. The summed E-state index contributed by atoms with van der Waals surface area (Å²) >= 11 is 0. The van der Waals surface area contributed by atoms with Crippen LogP contribution in [-0.2, 0) is 4.74 Å². The van der Waals surface area contributed by atoms with E-state index in [4.69, 9.17) is 4.74 Å². The molecule has 0 saturated heterocycles. The van der Waals surface area contributed by atoms with E-state index in [1.54, 1.807) is 12.1 Å². The van der Waals surface area contributed by atoms with Crippen molar-refractivity contribution in [2.45, 2.75) is 13.0 Å². The summed E-state index contributed by atoms with van der Waals surface area (Å²) < 4.78 is 18.5. The molecule has 1 atom stereocenters. The summed E-state index contributed by atoms with van der Waals surface area (Å²) in [5, 5.41) is 5.50. The number of methoxy groups -OCH3 is 1. The monoisotopic (exact) mass is 302 g/mol. The molecule has 2 rings (SSSR count). The molecule has 2 aromatic carbocycles. The topological polar surface area (TPSA) is 50.4 Å². The average molecular weight is 302 g/mol. The minimum atomic E-state index is -0.404. The number of hydrogen-bond donors (Lipinski definition) is 2. The maximum Gasteiger partial charge on any atom is 0.319 e. The first-order valence-electron chi connectivity index (χ1n) is 6.99. The zero-order chi connectivity index (χ0) is 15.9. The molecule has 0 aliphatic rings. The van der Waals surface area contributed by atoms with Gasteiger partial charge in [0.1, 0.15) is 5.82 Å². The molecule has 0 bridgehead atoms. The molecule has 116 valence electrons. The maximum absolute atomic E-state index is 13.2. The van der Waals surface area contributed by atoms with E-state index in [0.29, 0.717) is 5.56 Å². The molecule has 5 heteroatoms. The van der Waals surface area contributed by atoms with E-state index in [9.17, 15) is 9.18 Å². The lowest BCUT2D eigenvalue weighted by atomic mass is 10.1.